The van der Waals surface area contributed by atoms with E-state index in [1.165, 1.54) is 13.2 Å². The van der Waals surface area contributed by atoms with Crippen LogP contribution in [0.3, 0.4) is 0 Å². The number of nitrogens with zero attached hydrogens (tertiary/aromatic N) is 1. The number of rotatable bonds is 4. The van der Waals surface area contributed by atoms with Gasteiger partial charge in [0.15, 0.2) is 11.2 Å². The van der Waals surface area contributed by atoms with Gasteiger partial charge in [-0.2, -0.15) is 0 Å². The fourth-order valence-corrected chi connectivity index (χ4v) is 2.55. The number of hydrogen-bond donors (Lipinski definition) is 0. The van der Waals surface area contributed by atoms with Crippen LogP contribution in [-0.2, 0) is 6.54 Å². The predicted octanol–water partition coefficient (Wildman–Crippen LogP) is 3.18. The Morgan fingerprint density at radius 3 is 2.71 bits per heavy atom. The van der Waals surface area contributed by atoms with Crippen molar-refractivity contribution in [1.29, 1.82) is 0 Å². The summed E-state index contributed by atoms with van der Waals surface area (Å²) < 4.78 is 16.2. The Morgan fingerprint density at radius 1 is 1.24 bits per heavy atom. The van der Waals surface area contributed by atoms with Gasteiger partial charge in [-0.05, 0) is 24.7 Å². The third kappa shape index (κ3) is 2.28. The normalized spacial score (nSPS) is 11.6. The van der Waals surface area contributed by atoms with E-state index in [1.807, 2.05) is 18.0 Å². The van der Waals surface area contributed by atoms with Crippen LogP contribution in [0.2, 0.25) is 0 Å². The van der Waals surface area contributed by atoms with E-state index in [4.69, 9.17) is 25.2 Å². The lowest BCUT2D eigenvalue weighted by Crippen LogP contribution is -2.16. The van der Waals surface area contributed by atoms with E-state index in [9.17, 15) is 4.79 Å². The number of fused-ring (bicyclic) bond motifs is 2. The first-order valence-electron chi connectivity index (χ1n) is 6.40. The van der Waals surface area contributed by atoms with E-state index in [1.54, 1.807) is 12.3 Å². The number of benzene rings is 1. The van der Waals surface area contributed by atoms with Crippen LogP contribution in [0.4, 0.5) is 0 Å². The van der Waals surface area contributed by atoms with Gasteiger partial charge in [-0.15, -0.1) is 11.6 Å². The zero-order valence-electron chi connectivity index (χ0n) is 11.7. The Kier molecular flexibility index (Phi) is 3.61. The Hall–Kier alpha value is -1.98. The molecule has 0 saturated carbocycles. The molecule has 0 bridgehead atoms. The van der Waals surface area contributed by atoms with Gasteiger partial charge in [-0.3, -0.25) is 4.90 Å². The molecular weight excluding hydrogens is 294 g/mol. The molecule has 1 aromatic carbocycles. The van der Waals surface area contributed by atoms with Crippen LogP contribution in [0.5, 0.6) is 5.75 Å². The van der Waals surface area contributed by atoms with Crippen molar-refractivity contribution < 1.29 is 13.6 Å². The molecule has 110 valence electrons. The van der Waals surface area contributed by atoms with E-state index in [2.05, 4.69) is 0 Å². The average Bonchev–Trinajstić information content (AvgIpc) is 2.96. The Labute approximate surface area is 125 Å². The number of ether oxygens (including phenoxy) is 1. The van der Waals surface area contributed by atoms with Gasteiger partial charge in [0.05, 0.1) is 19.4 Å². The van der Waals surface area contributed by atoms with Crippen LogP contribution in [0, 0.1) is 0 Å². The summed E-state index contributed by atoms with van der Waals surface area (Å²) in [4.78, 5) is 13.5. The summed E-state index contributed by atoms with van der Waals surface area (Å²) in [5, 5.41) is 1.74. The van der Waals surface area contributed by atoms with Gasteiger partial charge in [-0.25, -0.2) is 4.79 Å². The largest absolute Gasteiger partial charge is 0.490 e. The fourth-order valence-electron chi connectivity index (χ4n) is 2.46. The second kappa shape index (κ2) is 5.42. The maximum absolute atomic E-state index is 11.5. The highest BCUT2D eigenvalue weighted by molar-refractivity contribution is 6.17. The van der Waals surface area contributed by atoms with Crippen molar-refractivity contribution in [3.05, 3.63) is 40.4 Å². The third-order valence-electron chi connectivity index (χ3n) is 3.40. The van der Waals surface area contributed by atoms with Crippen LogP contribution in [0.25, 0.3) is 21.9 Å². The van der Waals surface area contributed by atoms with Gasteiger partial charge in [0.25, 0.3) is 0 Å². The monoisotopic (exact) mass is 307 g/mol. The van der Waals surface area contributed by atoms with Crippen molar-refractivity contribution in [2.45, 2.75) is 6.54 Å². The number of alkyl halides is 1. The minimum Gasteiger partial charge on any atom is -0.490 e. The van der Waals surface area contributed by atoms with Crippen molar-refractivity contribution in [1.82, 2.24) is 4.90 Å². The molecule has 0 N–H and O–H groups in total. The molecule has 0 aliphatic carbocycles. The smallest absolute Gasteiger partial charge is 0.336 e. The fraction of sp³-hybridized carbons (Fsp3) is 0.267. The molecule has 0 radical (unpaired) electrons. The molecule has 0 aliphatic heterocycles. The molecule has 2 aromatic heterocycles. The molecule has 2 heterocycles. The lowest BCUT2D eigenvalue weighted by molar-refractivity contribution is 0.383. The topological polar surface area (TPSA) is 55.8 Å². The number of methoxy groups -OCH3 is 1. The van der Waals surface area contributed by atoms with Crippen molar-refractivity contribution in [3.63, 3.8) is 0 Å². The summed E-state index contributed by atoms with van der Waals surface area (Å²) >= 11 is 5.87. The van der Waals surface area contributed by atoms with E-state index in [-0.39, 0.29) is 0 Å². The lowest BCUT2D eigenvalue weighted by atomic mass is 10.0. The highest BCUT2D eigenvalue weighted by Gasteiger charge is 2.19. The van der Waals surface area contributed by atoms with Crippen molar-refractivity contribution in [2.24, 2.45) is 0 Å². The molecular formula is C15H14ClNO4. The molecule has 0 saturated heterocycles. The van der Waals surface area contributed by atoms with Crippen LogP contribution in [-0.4, -0.2) is 25.1 Å². The van der Waals surface area contributed by atoms with Crippen molar-refractivity contribution in [3.8, 4) is 5.75 Å². The molecule has 0 amide bonds. The average molecular weight is 308 g/mol. The minimum absolute atomic E-state index is 0.393. The molecule has 0 aliphatic rings. The molecule has 0 unspecified atom stereocenters. The van der Waals surface area contributed by atoms with Gasteiger partial charge in [0.1, 0.15) is 0 Å². The second-order valence-electron chi connectivity index (χ2n) is 4.81. The first-order valence-corrected chi connectivity index (χ1v) is 6.93. The Morgan fingerprint density at radius 2 is 2.00 bits per heavy atom. The number of furan rings is 1. The highest BCUT2D eigenvalue weighted by atomic mass is 35.5. The first kappa shape index (κ1) is 14.0. The SMILES string of the molecule is COc1c2occc2c(CN(C)CCl)c2ccc(=O)oc12. The van der Waals surface area contributed by atoms with E-state index >= 15 is 0 Å². The predicted molar refractivity (Wildman–Crippen MR) is 81.0 cm³/mol. The summed E-state index contributed by atoms with van der Waals surface area (Å²) in [7, 11) is 3.43. The molecule has 3 rings (SSSR count). The van der Waals surface area contributed by atoms with Gasteiger partial charge in [0, 0.05) is 23.4 Å². The number of halogens is 1. The van der Waals surface area contributed by atoms with E-state index in [0.29, 0.717) is 29.5 Å². The molecule has 0 atom stereocenters. The van der Waals surface area contributed by atoms with E-state index in [0.717, 1.165) is 16.3 Å². The molecule has 3 aromatic rings. The number of hydrogen-bond acceptors (Lipinski definition) is 5. The van der Waals surface area contributed by atoms with Crippen molar-refractivity contribution >= 4 is 33.5 Å². The summed E-state index contributed by atoms with van der Waals surface area (Å²) in [6.07, 6.45) is 1.59. The zero-order valence-corrected chi connectivity index (χ0v) is 12.4. The van der Waals surface area contributed by atoms with Gasteiger partial charge in [-0.1, -0.05) is 0 Å². The van der Waals surface area contributed by atoms with E-state index < -0.39 is 5.63 Å². The highest BCUT2D eigenvalue weighted by Crippen LogP contribution is 2.38. The summed E-state index contributed by atoms with van der Waals surface area (Å²) in [5.41, 5.74) is 1.52. The maximum atomic E-state index is 11.5. The maximum Gasteiger partial charge on any atom is 0.336 e. The van der Waals surface area contributed by atoms with Crippen LogP contribution in [0.15, 0.2) is 38.1 Å². The summed E-state index contributed by atoms with van der Waals surface area (Å²) in [6, 6.07) is 5.41. The van der Waals surface area contributed by atoms with Gasteiger partial charge in [0.2, 0.25) is 5.75 Å². The first-order chi connectivity index (χ1) is 10.2. The Balaban J connectivity index is 2.42. The molecule has 0 spiro atoms. The quantitative estimate of drug-likeness (QED) is 0.421. The van der Waals surface area contributed by atoms with Gasteiger partial charge < -0.3 is 13.6 Å². The van der Waals surface area contributed by atoms with Crippen LogP contribution < -0.4 is 10.4 Å². The van der Waals surface area contributed by atoms with Crippen molar-refractivity contribution in [2.75, 3.05) is 20.2 Å². The Bertz CT molecular complexity index is 852. The molecule has 21 heavy (non-hydrogen) atoms. The summed E-state index contributed by atoms with van der Waals surface area (Å²) in [5.74, 6) is 0.431. The van der Waals surface area contributed by atoms with Crippen LogP contribution >= 0.6 is 11.6 Å². The van der Waals surface area contributed by atoms with Gasteiger partial charge >= 0.3 is 5.63 Å². The molecule has 6 heteroatoms. The lowest BCUT2D eigenvalue weighted by Gasteiger charge is -2.16. The minimum atomic E-state index is -0.427. The second-order valence-corrected chi connectivity index (χ2v) is 5.05. The zero-order chi connectivity index (χ0) is 15.0. The summed E-state index contributed by atoms with van der Waals surface area (Å²) in [6.45, 7) is 0.605. The van der Waals surface area contributed by atoms with Crippen LogP contribution in [0.1, 0.15) is 5.56 Å². The molecule has 5 nitrogen and oxygen atoms in total. The molecule has 0 fully saturated rings. The standard InChI is InChI=1S/C15H14ClNO4/c1-17(8-16)7-11-9-3-4-12(18)21-14(9)15(19-2)13-10(11)5-6-20-13/h3-6H,7-8H2,1-2H3. The third-order valence-corrected chi connectivity index (χ3v) is 3.81.